The van der Waals surface area contributed by atoms with Crippen LogP contribution in [0.1, 0.15) is 21.2 Å². The SMILES string of the molecule is COCc1ccc(C(=O)Nc2nc(-c3ccc(Br)cc3)c(C)s2)o1. The van der Waals surface area contributed by atoms with E-state index in [9.17, 15) is 4.79 Å². The van der Waals surface area contributed by atoms with E-state index < -0.39 is 0 Å². The van der Waals surface area contributed by atoms with Crippen molar-refractivity contribution in [2.45, 2.75) is 13.5 Å². The number of halogens is 1. The number of benzene rings is 1. The molecule has 7 heteroatoms. The van der Waals surface area contributed by atoms with Gasteiger partial charge in [-0.3, -0.25) is 10.1 Å². The van der Waals surface area contributed by atoms with E-state index in [1.165, 1.54) is 11.3 Å². The van der Waals surface area contributed by atoms with E-state index in [1.807, 2.05) is 31.2 Å². The summed E-state index contributed by atoms with van der Waals surface area (Å²) in [5.41, 5.74) is 1.87. The summed E-state index contributed by atoms with van der Waals surface area (Å²) in [7, 11) is 1.57. The summed E-state index contributed by atoms with van der Waals surface area (Å²) in [6.07, 6.45) is 0. The number of hydrogen-bond donors (Lipinski definition) is 1. The number of carbonyl (C=O) groups is 1. The highest BCUT2D eigenvalue weighted by Crippen LogP contribution is 2.31. The number of amides is 1. The second-order valence-electron chi connectivity index (χ2n) is 5.08. The number of aryl methyl sites for hydroxylation is 1. The van der Waals surface area contributed by atoms with Gasteiger partial charge in [-0.05, 0) is 31.2 Å². The number of nitrogens with zero attached hydrogens (tertiary/aromatic N) is 1. The highest BCUT2D eigenvalue weighted by molar-refractivity contribution is 9.10. The lowest BCUT2D eigenvalue weighted by atomic mass is 10.1. The Kier molecular flexibility index (Phi) is 5.13. The molecule has 0 aliphatic carbocycles. The number of hydrogen-bond acceptors (Lipinski definition) is 5. The molecular weight excluding hydrogens is 392 g/mol. The molecule has 0 spiro atoms. The lowest BCUT2D eigenvalue weighted by molar-refractivity contribution is 0.0987. The highest BCUT2D eigenvalue weighted by Gasteiger charge is 2.15. The predicted octanol–water partition coefficient (Wildman–Crippen LogP) is 4.87. The van der Waals surface area contributed by atoms with Crippen LogP contribution in [0, 0.1) is 6.92 Å². The summed E-state index contributed by atoms with van der Waals surface area (Å²) in [5.74, 6) is 0.516. The van der Waals surface area contributed by atoms with Crippen LogP contribution in [-0.4, -0.2) is 18.0 Å². The van der Waals surface area contributed by atoms with Crippen LogP contribution in [-0.2, 0) is 11.3 Å². The van der Waals surface area contributed by atoms with Gasteiger partial charge in [-0.25, -0.2) is 4.98 Å². The van der Waals surface area contributed by atoms with Crippen LogP contribution in [0.3, 0.4) is 0 Å². The van der Waals surface area contributed by atoms with Crippen LogP contribution >= 0.6 is 27.3 Å². The Hall–Kier alpha value is -1.96. The van der Waals surface area contributed by atoms with Crippen LogP contribution in [0.25, 0.3) is 11.3 Å². The molecule has 0 radical (unpaired) electrons. The standard InChI is InChI=1S/C17H15BrN2O3S/c1-10-15(11-3-5-12(18)6-4-11)19-17(24-10)20-16(21)14-8-7-13(23-14)9-22-2/h3-8H,9H2,1-2H3,(H,19,20,21). The Bertz CT molecular complexity index is 855. The van der Waals surface area contributed by atoms with E-state index in [4.69, 9.17) is 9.15 Å². The third-order valence-electron chi connectivity index (χ3n) is 3.31. The number of methoxy groups -OCH3 is 1. The third kappa shape index (κ3) is 3.75. The molecule has 3 rings (SSSR count). The van der Waals surface area contributed by atoms with Gasteiger partial charge in [-0.15, -0.1) is 11.3 Å². The van der Waals surface area contributed by atoms with Crippen LogP contribution in [0.5, 0.6) is 0 Å². The topological polar surface area (TPSA) is 64.4 Å². The maximum Gasteiger partial charge on any atom is 0.293 e. The lowest BCUT2D eigenvalue weighted by Crippen LogP contribution is -2.10. The summed E-state index contributed by atoms with van der Waals surface area (Å²) < 4.78 is 11.4. The number of anilines is 1. The number of thiazole rings is 1. The Morgan fingerprint density at radius 3 is 2.75 bits per heavy atom. The Balaban J connectivity index is 1.77. The molecule has 0 saturated heterocycles. The molecule has 124 valence electrons. The summed E-state index contributed by atoms with van der Waals surface area (Å²) in [4.78, 5) is 17.8. The van der Waals surface area contributed by atoms with Crippen LogP contribution in [0.2, 0.25) is 0 Å². The van der Waals surface area contributed by atoms with Gasteiger partial charge in [-0.1, -0.05) is 28.1 Å². The fourth-order valence-electron chi connectivity index (χ4n) is 2.20. The number of nitrogens with one attached hydrogen (secondary N) is 1. The summed E-state index contributed by atoms with van der Waals surface area (Å²) in [5, 5.41) is 3.32. The van der Waals surface area contributed by atoms with E-state index in [0.717, 1.165) is 20.6 Å². The average molecular weight is 407 g/mol. The number of aromatic nitrogens is 1. The van der Waals surface area contributed by atoms with Gasteiger partial charge in [0.2, 0.25) is 0 Å². The minimum absolute atomic E-state index is 0.236. The molecule has 0 unspecified atom stereocenters. The molecule has 1 aromatic carbocycles. The van der Waals surface area contributed by atoms with Gasteiger partial charge < -0.3 is 9.15 Å². The molecule has 2 heterocycles. The van der Waals surface area contributed by atoms with Gasteiger partial charge >= 0.3 is 0 Å². The van der Waals surface area contributed by atoms with E-state index >= 15 is 0 Å². The van der Waals surface area contributed by atoms with Crippen LogP contribution < -0.4 is 5.32 Å². The minimum atomic E-state index is -0.326. The van der Waals surface area contributed by atoms with Crippen molar-refractivity contribution in [2.24, 2.45) is 0 Å². The van der Waals surface area contributed by atoms with E-state index in [-0.39, 0.29) is 11.7 Å². The molecule has 24 heavy (non-hydrogen) atoms. The molecule has 0 aliphatic rings. The largest absolute Gasteiger partial charge is 0.453 e. The number of furan rings is 1. The highest BCUT2D eigenvalue weighted by atomic mass is 79.9. The van der Waals surface area contributed by atoms with E-state index in [2.05, 4.69) is 26.2 Å². The van der Waals surface area contributed by atoms with Crippen molar-refractivity contribution in [3.05, 3.63) is 57.3 Å². The maximum atomic E-state index is 12.2. The fraction of sp³-hybridized carbons (Fsp3) is 0.176. The normalized spacial score (nSPS) is 10.8. The van der Waals surface area contributed by atoms with Crippen molar-refractivity contribution < 1.29 is 13.9 Å². The van der Waals surface area contributed by atoms with Crippen molar-refractivity contribution in [1.82, 2.24) is 4.98 Å². The van der Waals surface area contributed by atoms with Gasteiger partial charge in [0.15, 0.2) is 10.9 Å². The molecule has 0 saturated carbocycles. The summed E-state index contributed by atoms with van der Waals surface area (Å²) >= 11 is 4.85. The fourth-order valence-corrected chi connectivity index (χ4v) is 3.30. The van der Waals surface area contributed by atoms with E-state index in [0.29, 0.717) is 17.5 Å². The van der Waals surface area contributed by atoms with Crippen LogP contribution in [0.15, 0.2) is 45.3 Å². The van der Waals surface area contributed by atoms with Crippen molar-refractivity contribution >= 4 is 38.3 Å². The molecule has 5 nitrogen and oxygen atoms in total. The van der Waals surface area contributed by atoms with Gasteiger partial charge in [0, 0.05) is 22.0 Å². The first-order chi connectivity index (χ1) is 11.6. The zero-order valence-corrected chi connectivity index (χ0v) is 15.5. The number of ether oxygens (including phenoxy) is 1. The third-order valence-corrected chi connectivity index (χ3v) is 4.72. The zero-order valence-electron chi connectivity index (χ0n) is 13.1. The van der Waals surface area contributed by atoms with Gasteiger partial charge in [-0.2, -0.15) is 0 Å². The first-order valence-corrected chi connectivity index (χ1v) is 8.80. The van der Waals surface area contributed by atoms with Gasteiger partial charge in [0.25, 0.3) is 5.91 Å². The summed E-state index contributed by atoms with van der Waals surface area (Å²) in [6, 6.07) is 11.3. The average Bonchev–Trinajstić information content (AvgIpc) is 3.16. The smallest absolute Gasteiger partial charge is 0.293 e. The number of rotatable bonds is 5. The number of carbonyl (C=O) groups excluding carboxylic acids is 1. The Morgan fingerprint density at radius 2 is 2.04 bits per heavy atom. The molecule has 1 N–H and O–H groups in total. The molecule has 0 fully saturated rings. The predicted molar refractivity (Wildman–Crippen MR) is 97.4 cm³/mol. The van der Waals surface area contributed by atoms with Gasteiger partial charge in [0.05, 0.1) is 5.69 Å². The monoisotopic (exact) mass is 406 g/mol. The first kappa shape index (κ1) is 16.9. The summed E-state index contributed by atoms with van der Waals surface area (Å²) in [6.45, 7) is 2.31. The molecule has 0 aliphatic heterocycles. The zero-order chi connectivity index (χ0) is 17.1. The first-order valence-electron chi connectivity index (χ1n) is 7.19. The molecular formula is C17H15BrN2O3S. The van der Waals surface area contributed by atoms with Crippen molar-refractivity contribution in [3.8, 4) is 11.3 Å². The minimum Gasteiger partial charge on any atom is -0.453 e. The van der Waals surface area contributed by atoms with Crippen molar-refractivity contribution in [2.75, 3.05) is 12.4 Å². The molecule has 0 bridgehead atoms. The Morgan fingerprint density at radius 1 is 1.29 bits per heavy atom. The van der Waals surface area contributed by atoms with Gasteiger partial charge in [0.1, 0.15) is 12.4 Å². The quantitative estimate of drug-likeness (QED) is 0.655. The molecule has 2 aromatic heterocycles. The van der Waals surface area contributed by atoms with Crippen molar-refractivity contribution in [1.29, 1.82) is 0 Å². The second kappa shape index (κ2) is 7.29. The Labute approximate surface area is 151 Å². The van der Waals surface area contributed by atoms with Crippen molar-refractivity contribution in [3.63, 3.8) is 0 Å². The lowest BCUT2D eigenvalue weighted by Gasteiger charge is -1.99. The van der Waals surface area contributed by atoms with E-state index in [1.54, 1.807) is 19.2 Å². The maximum absolute atomic E-state index is 12.2. The van der Waals surface area contributed by atoms with Crippen LogP contribution in [0.4, 0.5) is 5.13 Å². The molecule has 1 amide bonds. The second-order valence-corrected chi connectivity index (χ2v) is 7.20. The molecule has 3 aromatic rings. The molecule has 0 atom stereocenters.